The topological polar surface area (TPSA) is 71.1 Å². The third-order valence-electron chi connectivity index (χ3n) is 5.55. The maximum atomic E-state index is 12.1. The summed E-state index contributed by atoms with van der Waals surface area (Å²) >= 11 is 0. The number of benzene rings is 3. The van der Waals surface area contributed by atoms with Crippen LogP contribution in [-0.2, 0) is 25.7 Å². The molecule has 3 aromatic rings. The summed E-state index contributed by atoms with van der Waals surface area (Å²) in [5.41, 5.74) is 3.75. The number of carbonyl (C=O) groups excluding carboxylic acids is 2. The van der Waals surface area contributed by atoms with E-state index in [1.165, 1.54) is 13.2 Å². The van der Waals surface area contributed by atoms with Crippen molar-refractivity contribution in [1.82, 2.24) is 0 Å². The first-order valence-corrected chi connectivity index (χ1v) is 11.9. The van der Waals surface area contributed by atoms with Crippen molar-refractivity contribution in [3.8, 4) is 11.5 Å². The van der Waals surface area contributed by atoms with Crippen molar-refractivity contribution in [3.05, 3.63) is 101 Å². The van der Waals surface area contributed by atoms with Gasteiger partial charge < -0.3 is 18.9 Å². The van der Waals surface area contributed by atoms with Gasteiger partial charge in [0.2, 0.25) is 0 Å². The molecule has 0 aliphatic carbocycles. The van der Waals surface area contributed by atoms with Gasteiger partial charge in [0.15, 0.2) is 0 Å². The standard InChI is InChI=1S/C30H32O6/c1-4-34-30(32)19-17-27(26-13-9-8-10-22(26)2)36-28-20-25(35-21-23-11-6-5-7-12-23)16-14-24(28)15-18-29(31)33-3/h5-16,18,20,27H,4,17,19,21H2,1-3H3/b18-15+. The molecule has 0 radical (unpaired) electrons. The molecule has 1 unspecified atom stereocenters. The second kappa shape index (κ2) is 13.7. The summed E-state index contributed by atoms with van der Waals surface area (Å²) in [4.78, 5) is 23.8. The SMILES string of the molecule is CCOC(=O)CCC(Oc1cc(OCc2ccccc2)ccc1/C=C/C(=O)OC)c1ccccc1C. The molecule has 0 bridgehead atoms. The zero-order valence-corrected chi connectivity index (χ0v) is 20.9. The first kappa shape index (κ1) is 26.5. The van der Waals surface area contributed by atoms with E-state index in [0.29, 0.717) is 36.7 Å². The Balaban J connectivity index is 1.91. The van der Waals surface area contributed by atoms with E-state index in [-0.39, 0.29) is 12.4 Å². The van der Waals surface area contributed by atoms with Gasteiger partial charge in [-0.3, -0.25) is 4.79 Å². The van der Waals surface area contributed by atoms with Crippen molar-refractivity contribution in [2.45, 2.75) is 39.4 Å². The molecule has 36 heavy (non-hydrogen) atoms. The fraction of sp³-hybridized carbons (Fsp3) is 0.267. The first-order valence-electron chi connectivity index (χ1n) is 11.9. The maximum Gasteiger partial charge on any atom is 0.330 e. The second-order valence-electron chi connectivity index (χ2n) is 8.14. The van der Waals surface area contributed by atoms with E-state index in [0.717, 1.165) is 16.7 Å². The second-order valence-corrected chi connectivity index (χ2v) is 8.14. The number of rotatable bonds is 12. The van der Waals surface area contributed by atoms with Crippen molar-refractivity contribution in [1.29, 1.82) is 0 Å². The summed E-state index contributed by atoms with van der Waals surface area (Å²) in [5.74, 6) is 0.407. The number of hydrogen-bond acceptors (Lipinski definition) is 6. The molecular weight excluding hydrogens is 456 g/mol. The molecule has 0 amide bonds. The quantitative estimate of drug-likeness (QED) is 0.223. The van der Waals surface area contributed by atoms with Gasteiger partial charge in [-0.15, -0.1) is 0 Å². The number of carbonyl (C=O) groups is 2. The molecule has 0 spiro atoms. The highest BCUT2D eigenvalue weighted by atomic mass is 16.5. The average Bonchev–Trinajstić information content (AvgIpc) is 2.90. The summed E-state index contributed by atoms with van der Waals surface area (Å²) in [6.07, 6.45) is 3.21. The molecule has 6 heteroatoms. The molecule has 0 heterocycles. The van der Waals surface area contributed by atoms with Gasteiger partial charge in [-0.1, -0.05) is 54.6 Å². The van der Waals surface area contributed by atoms with E-state index < -0.39 is 12.1 Å². The van der Waals surface area contributed by atoms with Crippen LogP contribution in [0.5, 0.6) is 11.5 Å². The van der Waals surface area contributed by atoms with Crippen molar-refractivity contribution >= 4 is 18.0 Å². The molecule has 0 N–H and O–H groups in total. The molecule has 0 fully saturated rings. The van der Waals surface area contributed by atoms with E-state index >= 15 is 0 Å². The molecule has 188 valence electrons. The Bertz CT molecular complexity index is 1170. The number of hydrogen-bond donors (Lipinski definition) is 0. The minimum atomic E-state index is -0.469. The summed E-state index contributed by atoms with van der Waals surface area (Å²) < 4.78 is 22.4. The Kier molecular flexibility index (Phi) is 10.1. The molecule has 0 saturated carbocycles. The zero-order chi connectivity index (χ0) is 25.8. The predicted octanol–water partition coefficient (Wildman–Crippen LogP) is 6.22. The predicted molar refractivity (Wildman–Crippen MR) is 139 cm³/mol. The lowest BCUT2D eigenvalue weighted by Gasteiger charge is -2.23. The minimum absolute atomic E-state index is 0.213. The van der Waals surface area contributed by atoms with Gasteiger partial charge in [-0.25, -0.2) is 4.79 Å². The fourth-order valence-electron chi connectivity index (χ4n) is 3.67. The summed E-state index contributed by atoms with van der Waals surface area (Å²) in [7, 11) is 1.33. The normalized spacial score (nSPS) is 11.6. The molecule has 0 aliphatic rings. The molecule has 6 nitrogen and oxygen atoms in total. The van der Waals surface area contributed by atoms with Crippen LogP contribution in [0.2, 0.25) is 0 Å². The van der Waals surface area contributed by atoms with Crippen LogP contribution in [0.3, 0.4) is 0 Å². The van der Waals surface area contributed by atoms with Crippen LogP contribution >= 0.6 is 0 Å². The smallest absolute Gasteiger partial charge is 0.330 e. The van der Waals surface area contributed by atoms with Crippen LogP contribution in [0, 0.1) is 6.92 Å². The minimum Gasteiger partial charge on any atom is -0.489 e. The molecule has 1 atom stereocenters. The number of methoxy groups -OCH3 is 1. The fourth-order valence-corrected chi connectivity index (χ4v) is 3.67. The molecule has 3 aromatic carbocycles. The van der Waals surface area contributed by atoms with Crippen molar-refractivity contribution < 1.29 is 28.5 Å². The van der Waals surface area contributed by atoms with E-state index in [1.807, 2.05) is 73.7 Å². The van der Waals surface area contributed by atoms with E-state index in [9.17, 15) is 9.59 Å². The highest BCUT2D eigenvalue weighted by Crippen LogP contribution is 2.34. The van der Waals surface area contributed by atoms with Crippen LogP contribution in [0.25, 0.3) is 6.08 Å². The average molecular weight is 489 g/mol. The lowest BCUT2D eigenvalue weighted by atomic mass is 9.99. The van der Waals surface area contributed by atoms with Crippen LogP contribution < -0.4 is 9.47 Å². The lowest BCUT2D eigenvalue weighted by Crippen LogP contribution is -2.13. The Morgan fingerprint density at radius 2 is 1.72 bits per heavy atom. The van der Waals surface area contributed by atoms with Gasteiger partial charge in [0.1, 0.15) is 24.2 Å². The van der Waals surface area contributed by atoms with Gasteiger partial charge in [0.05, 0.1) is 13.7 Å². The van der Waals surface area contributed by atoms with Crippen LogP contribution in [0.4, 0.5) is 0 Å². The third-order valence-corrected chi connectivity index (χ3v) is 5.55. The van der Waals surface area contributed by atoms with Crippen molar-refractivity contribution in [2.75, 3.05) is 13.7 Å². The van der Waals surface area contributed by atoms with Crippen LogP contribution in [0.1, 0.15) is 48.1 Å². The van der Waals surface area contributed by atoms with Gasteiger partial charge in [-0.2, -0.15) is 0 Å². The Morgan fingerprint density at radius 3 is 2.44 bits per heavy atom. The number of ether oxygens (including phenoxy) is 4. The highest BCUT2D eigenvalue weighted by Gasteiger charge is 2.19. The van der Waals surface area contributed by atoms with Gasteiger partial charge in [0, 0.05) is 24.1 Å². The Hall–Kier alpha value is -4.06. The molecule has 0 aliphatic heterocycles. The van der Waals surface area contributed by atoms with Gasteiger partial charge in [0.25, 0.3) is 0 Å². The van der Waals surface area contributed by atoms with Crippen LogP contribution in [0.15, 0.2) is 78.9 Å². The molecule has 0 aromatic heterocycles. The molecule has 3 rings (SSSR count). The largest absolute Gasteiger partial charge is 0.489 e. The summed E-state index contributed by atoms with van der Waals surface area (Å²) in [6.45, 7) is 4.53. The Morgan fingerprint density at radius 1 is 0.972 bits per heavy atom. The first-order chi connectivity index (χ1) is 17.5. The maximum absolute atomic E-state index is 12.1. The number of esters is 2. The van der Waals surface area contributed by atoms with Crippen molar-refractivity contribution in [3.63, 3.8) is 0 Å². The third kappa shape index (κ3) is 8.01. The molecular formula is C30H32O6. The van der Waals surface area contributed by atoms with Gasteiger partial charge >= 0.3 is 11.9 Å². The monoisotopic (exact) mass is 488 g/mol. The summed E-state index contributed by atoms with van der Waals surface area (Å²) in [6, 6.07) is 23.2. The Labute approximate surface area is 212 Å². The lowest BCUT2D eigenvalue weighted by molar-refractivity contribution is -0.143. The molecule has 0 saturated heterocycles. The van der Waals surface area contributed by atoms with Crippen LogP contribution in [-0.4, -0.2) is 25.7 Å². The highest BCUT2D eigenvalue weighted by molar-refractivity contribution is 5.87. The van der Waals surface area contributed by atoms with E-state index in [1.54, 1.807) is 19.1 Å². The van der Waals surface area contributed by atoms with Crippen molar-refractivity contribution in [2.24, 2.45) is 0 Å². The zero-order valence-electron chi connectivity index (χ0n) is 20.9. The van der Waals surface area contributed by atoms with Gasteiger partial charge in [-0.05, 0) is 55.2 Å². The number of aryl methyl sites for hydroxylation is 1. The summed E-state index contributed by atoms with van der Waals surface area (Å²) in [5, 5.41) is 0. The van der Waals surface area contributed by atoms with E-state index in [4.69, 9.17) is 18.9 Å². The van der Waals surface area contributed by atoms with E-state index in [2.05, 4.69) is 0 Å².